The molecule has 2 rings (SSSR count). The van der Waals surface area contributed by atoms with Gasteiger partial charge in [0.1, 0.15) is 6.61 Å². The summed E-state index contributed by atoms with van der Waals surface area (Å²) in [5.41, 5.74) is -1.85. The van der Waals surface area contributed by atoms with E-state index in [-0.39, 0.29) is 0 Å². The Balaban J connectivity index is 2.16. The second-order valence-corrected chi connectivity index (χ2v) is 6.23. The predicted molar refractivity (Wildman–Crippen MR) is 71.7 cm³/mol. The highest BCUT2D eigenvalue weighted by Gasteiger charge is 2.61. The fraction of sp³-hybridized carbons (Fsp3) is 0.438. The normalized spacial score (nSPS) is 22.5. The first-order chi connectivity index (χ1) is 11.0. The average Bonchev–Trinajstić information content (AvgIpc) is 3.02. The van der Waals surface area contributed by atoms with Crippen molar-refractivity contribution >= 4 is 5.97 Å². The molecule has 1 fully saturated rings. The number of hydrogen-bond acceptors (Lipinski definition) is 2. The first-order valence-electron chi connectivity index (χ1n) is 7.01. The van der Waals surface area contributed by atoms with E-state index in [9.17, 15) is 31.1 Å². The van der Waals surface area contributed by atoms with Gasteiger partial charge in [-0.3, -0.25) is 4.79 Å². The van der Waals surface area contributed by atoms with Crippen molar-refractivity contribution in [1.29, 1.82) is 0 Å². The molecule has 0 amide bonds. The second kappa shape index (κ2) is 6.14. The van der Waals surface area contributed by atoms with Crippen LogP contribution < -0.4 is 0 Å². The smallest absolute Gasteiger partial charge is 0.310 e. The number of carbonyl (C=O) groups excluding carboxylic acids is 1. The van der Waals surface area contributed by atoms with Gasteiger partial charge >= 0.3 is 5.97 Å². The van der Waals surface area contributed by atoms with Gasteiger partial charge in [-0.2, -0.15) is 0 Å². The SMILES string of the molecule is C/C(F)=C\C1C(C(=O)OCc2c(F)c(F)c(F)c(F)c2F)C1(C)C. The van der Waals surface area contributed by atoms with Gasteiger partial charge in [0, 0.05) is 0 Å². The highest BCUT2D eigenvalue weighted by molar-refractivity contribution is 5.78. The first kappa shape index (κ1) is 18.4. The highest BCUT2D eigenvalue weighted by atomic mass is 19.2. The summed E-state index contributed by atoms with van der Waals surface area (Å²) in [4.78, 5) is 12.0. The van der Waals surface area contributed by atoms with Crippen molar-refractivity contribution in [2.75, 3.05) is 0 Å². The number of ether oxygens (including phenoxy) is 1. The monoisotopic (exact) mass is 352 g/mol. The first-order valence-corrected chi connectivity index (χ1v) is 7.01. The molecule has 2 nitrogen and oxygen atoms in total. The third-order valence-electron chi connectivity index (χ3n) is 4.23. The molecule has 0 aliphatic heterocycles. The van der Waals surface area contributed by atoms with Crippen LogP contribution in [0.5, 0.6) is 0 Å². The molecule has 1 aromatic rings. The summed E-state index contributed by atoms with van der Waals surface area (Å²) in [5, 5.41) is 0. The summed E-state index contributed by atoms with van der Waals surface area (Å²) >= 11 is 0. The maximum atomic E-state index is 13.5. The lowest BCUT2D eigenvalue weighted by Gasteiger charge is -2.09. The molecule has 0 N–H and O–H groups in total. The minimum absolute atomic E-state index is 0.466. The summed E-state index contributed by atoms with van der Waals surface area (Å²) in [5.74, 6) is -13.2. The van der Waals surface area contributed by atoms with Gasteiger partial charge in [0.05, 0.1) is 17.3 Å². The number of carbonyl (C=O) groups is 1. The third kappa shape index (κ3) is 3.01. The van der Waals surface area contributed by atoms with Crippen LogP contribution in [0.2, 0.25) is 0 Å². The Morgan fingerprint density at radius 1 is 1.04 bits per heavy atom. The fourth-order valence-corrected chi connectivity index (χ4v) is 2.70. The van der Waals surface area contributed by atoms with Crippen LogP contribution in [-0.2, 0) is 16.1 Å². The predicted octanol–water partition coefficient (Wildman–Crippen LogP) is 4.57. The van der Waals surface area contributed by atoms with Crippen LogP contribution in [0.15, 0.2) is 11.9 Å². The lowest BCUT2D eigenvalue weighted by Crippen LogP contribution is -2.14. The van der Waals surface area contributed by atoms with Crippen LogP contribution in [0.4, 0.5) is 26.3 Å². The van der Waals surface area contributed by atoms with Crippen molar-refractivity contribution in [3.63, 3.8) is 0 Å². The molecule has 2 atom stereocenters. The summed E-state index contributed by atoms with van der Waals surface area (Å²) in [6.07, 6.45) is 1.23. The highest BCUT2D eigenvalue weighted by Crippen LogP contribution is 2.59. The van der Waals surface area contributed by atoms with Crippen molar-refractivity contribution in [3.8, 4) is 0 Å². The largest absolute Gasteiger partial charge is 0.460 e. The van der Waals surface area contributed by atoms with Crippen LogP contribution in [0, 0.1) is 46.3 Å². The number of allylic oxidation sites excluding steroid dienone is 2. The third-order valence-corrected chi connectivity index (χ3v) is 4.23. The number of esters is 1. The van der Waals surface area contributed by atoms with Gasteiger partial charge in [-0.15, -0.1) is 0 Å². The Morgan fingerprint density at radius 3 is 1.96 bits per heavy atom. The zero-order valence-electron chi connectivity index (χ0n) is 13.0. The maximum absolute atomic E-state index is 13.5. The topological polar surface area (TPSA) is 26.3 Å². The van der Waals surface area contributed by atoms with Crippen LogP contribution in [0.3, 0.4) is 0 Å². The standard InChI is InChI=1S/C16H14F6O2/c1-6(17)4-8-9(16(8,2)3)15(23)24-5-7-10(18)12(20)14(22)13(21)11(7)19/h4,8-9H,5H2,1-3H3/b6-4+. The molecule has 1 aliphatic carbocycles. The van der Waals surface area contributed by atoms with Gasteiger partial charge in [-0.1, -0.05) is 13.8 Å². The van der Waals surface area contributed by atoms with Gasteiger partial charge in [0.25, 0.3) is 0 Å². The molecule has 1 aliphatic rings. The van der Waals surface area contributed by atoms with E-state index in [1.807, 2.05) is 0 Å². The number of rotatable bonds is 4. The number of hydrogen-bond donors (Lipinski definition) is 0. The van der Waals surface area contributed by atoms with E-state index < -0.39 is 70.3 Å². The van der Waals surface area contributed by atoms with Crippen LogP contribution in [0.1, 0.15) is 26.3 Å². The molecular formula is C16H14F6O2. The fourth-order valence-electron chi connectivity index (χ4n) is 2.70. The Labute approximate surface area is 134 Å². The van der Waals surface area contributed by atoms with Gasteiger partial charge in [-0.25, -0.2) is 26.3 Å². The molecule has 1 aromatic carbocycles. The van der Waals surface area contributed by atoms with Crippen LogP contribution in [-0.4, -0.2) is 5.97 Å². The van der Waals surface area contributed by atoms with E-state index >= 15 is 0 Å². The molecule has 1 saturated carbocycles. The van der Waals surface area contributed by atoms with Crippen molar-refractivity contribution in [2.24, 2.45) is 17.3 Å². The van der Waals surface area contributed by atoms with E-state index in [0.29, 0.717) is 0 Å². The Hall–Kier alpha value is -1.99. The van der Waals surface area contributed by atoms with E-state index in [2.05, 4.69) is 4.74 Å². The molecule has 0 aromatic heterocycles. The van der Waals surface area contributed by atoms with Gasteiger partial charge in [0.15, 0.2) is 23.3 Å². The molecule has 0 radical (unpaired) electrons. The van der Waals surface area contributed by atoms with Gasteiger partial charge in [-0.05, 0) is 24.3 Å². The Bertz CT molecular complexity index is 693. The van der Waals surface area contributed by atoms with Crippen molar-refractivity contribution in [3.05, 3.63) is 46.6 Å². The quantitative estimate of drug-likeness (QED) is 0.343. The molecule has 0 bridgehead atoms. The molecule has 132 valence electrons. The maximum Gasteiger partial charge on any atom is 0.310 e. The Morgan fingerprint density at radius 2 is 1.50 bits per heavy atom. The van der Waals surface area contributed by atoms with E-state index in [0.717, 1.165) is 0 Å². The summed E-state index contributed by atoms with van der Waals surface area (Å²) in [6, 6.07) is 0. The van der Waals surface area contributed by atoms with Gasteiger partial charge < -0.3 is 4.74 Å². The zero-order valence-corrected chi connectivity index (χ0v) is 13.0. The minimum atomic E-state index is -2.29. The molecule has 0 spiro atoms. The number of benzene rings is 1. The van der Waals surface area contributed by atoms with Crippen molar-refractivity contribution < 1.29 is 35.9 Å². The van der Waals surface area contributed by atoms with Crippen LogP contribution in [0.25, 0.3) is 0 Å². The summed E-state index contributed by atoms with van der Waals surface area (Å²) in [7, 11) is 0. The van der Waals surface area contributed by atoms with Gasteiger partial charge in [0.2, 0.25) is 5.82 Å². The molecule has 8 heteroatoms. The minimum Gasteiger partial charge on any atom is -0.460 e. The molecule has 0 heterocycles. The van der Waals surface area contributed by atoms with Crippen molar-refractivity contribution in [2.45, 2.75) is 27.4 Å². The molecule has 2 unspecified atom stereocenters. The van der Waals surface area contributed by atoms with Crippen LogP contribution >= 0.6 is 0 Å². The Kier molecular flexibility index (Phi) is 4.70. The summed E-state index contributed by atoms with van der Waals surface area (Å²) in [6.45, 7) is 3.43. The lowest BCUT2D eigenvalue weighted by atomic mass is 10.1. The lowest BCUT2D eigenvalue weighted by molar-refractivity contribution is -0.147. The number of halogens is 6. The molecular weight excluding hydrogens is 338 g/mol. The van der Waals surface area contributed by atoms with E-state index in [1.165, 1.54) is 13.0 Å². The van der Waals surface area contributed by atoms with E-state index in [4.69, 9.17) is 0 Å². The van der Waals surface area contributed by atoms with Crippen molar-refractivity contribution in [1.82, 2.24) is 0 Å². The van der Waals surface area contributed by atoms with E-state index in [1.54, 1.807) is 13.8 Å². The zero-order chi connectivity index (χ0) is 18.4. The summed E-state index contributed by atoms with van der Waals surface area (Å²) < 4.78 is 83.7. The second-order valence-electron chi connectivity index (χ2n) is 6.23. The molecule has 24 heavy (non-hydrogen) atoms. The molecule has 0 saturated heterocycles. The average molecular weight is 352 g/mol.